The van der Waals surface area contributed by atoms with E-state index in [1.54, 1.807) is 0 Å². The fourth-order valence-corrected chi connectivity index (χ4v) is 2.05. The molecule has 0 bridgehead atoms. The molecule has 0 aliphatic carbocycles. The quantitative estimate of drug-likeness (QED) is 0.642. The highest BCUT2D eigenvalue weighted by Gasteiger charge is 2.09. The van der Waals surface area contributed by atoms with Crippen molar-refractivity contribution in [3.8, 4) is 0 Å². The van der Waals surface area contributed by atoms with Gasteiger partial charge in [-0.15, -0.1) is 0 Å². The van der Waals surface area contributed by atoms with E-state index in [9.17, 15) is 0 Å². The third-order valence-corrected chi connectivity index (χ3v) is 3.12. The van der Waals surface area contributed by atoms with E-state index < -0.39 is 0 Å². The van der Waals surface area contributed by atoms with E-state index in [0.717, 1.165) is 44.2 Å². The van der Waals surface area contributed by atoms with E-state index in [1.807, 2.05) is 6.07 Å². The van der Waals surface area contributed by atoms with Crippen LogP contribution in [0.15, 0.2) is 6.07 Å². The van der Waals surface area contributed by atoms with E-state index in [1.165, 1.54) is 0 Å². The minimum atomic E-state index is 0.295. The highest BCUT2D eigenvalue weighted by Crippen LogP contribution is 2.13. The van der Waals surface area contributed by atoms with Crippen molar-refractivity contribution < 1.29 is 0 Å². The first-order chi connectivity index (χ1) is 9.58. The molecule has 20 heavy (non-hydrogen) atoms. The maximum Gasteiger partial charge on any atom is 0.223 e. The van der Waals surface area contributed by atoms with Crippen LogP contribution in [0.3, 0.4) is 0 Å². The summed E-state index contributed by atoms with van der Waals surface area (Å²) in [6, 6.07) is 2.22. The summed E-state index contributed by atoms with van der Waals surface area (Å²) in [5.74, 6) is 1.84. The Morgan fingerprint density at radius 1 is 1.20 bits per heavy atom. The molecule has 1 atom stereocenters. The number of hydrogen-bond acceptors (Lipinski definition) is 6. The second kappa shape index (κ2) is 8.58. The molecule has 1 aromatic rings. The van der Waals surface area contributed by atoms with Crippen molar-refractivity contribution in [2.24, 2.45) is 0 Å². The van der Waals surface area contributed by atoms with Gasteiger partial charge in [-0.05, 0) is 26.4 Å². The molecule has 114 valence electrons. The predicted molar refractivity (Wildman–Crippen MR) is 86.1 cm³/mol. The van der Waals surface area contributed by atoms with Crippen LogP contribution in [0.1, 0.15) is 34.1 Å². The van der Waals surface area contributed by atoms with Crippen LogP contribution >= 0.6 is 0 Å². The van der Waals surface area contributed by atoms with Crippen LogP contribution in [-0.2, 0) is 0 Å². The van der Waals surface area contributed by atoms with Gasteiger partial charge in [0, 0.05) is 25.2 Å². The summed E-state index contributed by atoms with van der Waals surface area (Å²) in [6.07, 6.45) is 1.05. The number of anilines is 3. The second-order valence-electron chi connectivity index (χ2n) is 4.95. The van der Waals surface area contributed by atoms with E-state index in [4.69, 9.17) is 5.73 Å². The Labute approximate surface area is 122 Å². The van der Waals surface area contributed by atoms with Gasteiger partial charge in [-0.3, -0.25) is 0 Å². The number of aromatic nitrogens is 2. The number of likely N-dealkylation sites (N-methyl/N-ethyl adjacent to an activating group) is 1. The maximum atomic E-state index is 5.75. The van der Waals surface area contributed by atoms with Crippen molar-refractivity contribution in [2.45, 2.75) is 40.2 Å². The molecule has 4 N–H and O–H groups in total. The highest BCUT2D eigenvalue weighted by molar-refractivity contribution is 5.51. The molecule has 0 aromatic carbocycles. The zero-order valence-electron chi connectivity index (χ0n) is 13.1. The summed E-state index contributed by atoms with van der Waals surface area (Å²) in [6.45, 7) is 12.6. The van der Waals surface area contributed by atoms with Gasteiger partial charge in [0.25, 0.3) is 0 Å². The van der Waals surface area contributed by atoms with Crippen LogP contribution in [0.5, 0.6) is 0 Å². The van der Waals surface area contributed by atoms with Gasteiger partial charge in [0.1, 0.15) is 11.6 Å². The number of nitrogens with one attached hydrogen (secondary N) is 2. The Balaban J connectivity index is 2.64. The van der Waals surface area contributed by atoms with Gasteiger partial charge in [0.05, 0.1) is 0 Å². The molecule has 0 fully saturated rings. The molecule has 1 unspecified atom stereocenters. The molecule has 0 saturated carbocycles. The Kier molecular flexibility index (Phi) is 7.08. The minimum Gasteiger partial charge on any atom is -0.370 e. The molecule has 0 saturated heterocycles. The van der Waals surface area contributed by atoms with Crippen LogP contribution in [0.4, 0.5) is 17.6 Å². The molecule has 0 radical (unpaired) electrons. The van der Waals surface area contributed by atoms with E-state index in [2.05, 4.69) is 53.2 Å². The summed E-state index contributed by atoms with van der Waals surface area (Å²) in [5, 5.41) is 6.62. The predicted octanol–water partition coefficient (Wildman–Crippen LogP) is 2.02. The fraction of sp³-hybridized carbons (Fsp3) is 0.714. The lowest BCUT2D eigenvalue weighted by Crippen LogP contribution is -2.35. The SMILES string of the molecule is CCCNc1cc(NC(C)CN(CC)CC)nc(N)n1. The maximum absolute atomic E-state index is 5.75. The van der Waals surface area contributed by atoms with Crippen molar-refractivity contribution in [3.05, 3.63) is 6.07 Å². The van der Waals surface area contributed by atoms with Crippen LogP contribution in [0.25, 0.3) is 0 Å². The Morgan fingerprint density at radius 2 is 1.85 bits per heavy atom. The number of nitrogens with zero attached hydrogens (tertiary/aromatic N) is 3. The molecule has 0 aliphatic heterocycles. The van der Waals surface area contributed by atoms with Crippen molar-refractivity contribution in [3.63, 3.8) is 0 Å². The first-order valence-electron chi connectivity index (χ1n) is 7.46. The Hall–Kier alpha value is -1.56. The molecule has 0 aliphatic rings. The van der Waals surface area contributed by atoms with Crippen LogP contribution in [0.2, 0.25) is 0 Å². The van der Waals surface area contributed by atoms with Gasteiger partial charge in [-0.1, -0.05) is 20.8 Å². The first kappa shape index (κ1) is 16.5. The van der Waals surface area contributed by atoms with Crippen molar-refractivity contribution in [1.29, 1.82) is 0 Å². The topological polar surface area (TPSA) is 79.1 Å². The van der Waals surface area contributed by atoms with Crippen molar-refractivity contribution in [1.82, 2.24) is 14.9 Å². The average Bonchev–Trinajstić information content (AvgIpc) is 2.41. The molecule has 0 amide bonds. The lowest BCUT2D eigenvalue weighted by Gasteiger charge is -2.23. The van der Waals surface area contributed by atoms with Crippen LogP contribution < -0.4 is 16.4 Å². The van der Waals surface area contributed by atoms with Gasteiger partial charge in [-0.2, -0.15) is 9.97 Å². The number of nitrogen functional groups attached to an aromatic ring is 1. The summed E-state index contributed by atoms with van der Waals surface area (Å²) in [5.41, 5.74) is 5.75. The molecule has 1 rings (SSSR count). The Bertz CT molecular complexity index is 391. The van der Waals surface area contributed by atoms with E-state index in [0.29, 0.717) is 12.0 Å². The zero-order valence-corrected chi connectivity index (χ0v) is 13.1. The lowest BCUT2D eigenvalue weighted by molar-refractivity contribution is 0.294. The van der Waals surface area contributed by atoms with Crippen LogP contribution in [0, 0.1) is 0 Å². The zero-order chi connectivity index (χ0) is 15.0. The van der Waals surface area contributed by atoms with Crippen LogP contribution in [-0.4, -0.2) is 47.1 Å². The summed E-state index contributed by atoms with van der Waals surface area (Å²) < 4.78 is 0. The minimum absolute atomic E-state index is 0.295. The smallest absolute Gasteiger partial charge is 0.223 e. The van der Waals surface area contributed by atoms with E-state index in [-0.39, 0.29) is 0 Å². The third kappa shape index (κ3) is 5.61. The standard InChI is InChI=1S/C14H28N6/c1-5-8-16-12-9-13(19-14(15)18-12)17-11(4)10-20(6-2)7-3/h9,11H,5-8,10H2,1-4H3,(H4,15,16,17,18,19). The number of nitrogens with two attached hydrogens (primary N) is 1. The summed E-state index contributed by atoms with van der Waals surface area (Å²) >= 11 is 0. The number of rotatable bonds is 9. The second-order valence-corrected chi connectivity index (χ2v) is 4.95. The Morgan fingerprint density at radius 3 is 2.45 bits per heavy atom. The van der Waals surface area contributed by atoms with Gasteiger partial charge in [0.15, 0.2) is 0 Å². The van der Waals surface area contributed by atoms with Crippen molar-refractivity contribution in [2.75, 3.05) is 42.5 Å². The largest absolute Gasteiger partial charge is 0.370 e. The third-order valence-electron chi connectivity index (χ3n) is 3.12. The lowest BCUT2D eigenvalue weighted by atomic mass is 10.3. The first-order valence-corrected chi connectivity index (χ1v) is 7.46. The van der Waals surface area contributed by atoms with Gasteiger partial charge < -0.3 is 21.3 Å². The molecule has 0 spiro atoms. The van der Waals surface area contributed by atoms with Gasteiger partial charge in [-0.25, -0.2) is 0 Å². The van der Waals surface area contributed by atoms with E-state index >= 15 is 0 Å². The molecular weight excluding hydrogens is 252 g/mol. The monoisotopic (exact) mass is 280 g/mol. The highest BCUT2D eigenvalue weighted by atomic mass is 15.2. The molecule has 1 aromatic heterocycles. The number of hydrogen-bond donors (Lipinski definition) is 3. The van der Waals surface area contributed by atoms with Gasteiger partial charge >= 0.3 is 0 Å². The molecule has 6 heteroatoms. The fourth-order valence-electron chi connectivity index (χ4n) is 2.05. The molecule has 6 nitrogen and oxygen atoms in total. The summed E-state index contributed by atoms with van der Waals surface area (Å²) in [4.78, 5) is 10.8. The summed E-state index contributed by atoms with van der Waals surface area (Å²) in [7, 11) is 0. The normalized spacial score (nSPS) is 12.4. The molecule has 1 heterocycles. The van der Waals surface area contributed by atoms with Crippen molar-refractivity contribution >= 4 is 17.6 Å². The van der Waals surface area contributed by atoms with Gasteiger partial charge in [0.2, 0.25) is 5.95 Å². The average molecular weight is 280 g/mol. The molecular formula is C14H28N6.